The summed E-state index contributed by atoms with van der Waals surface area (Å²) >= 11 is 0.288. The average molecular weight is 195 g/mol. The van der Waals surface area contributed by atoms with Gasteiger partial charge in [0.1, 0.15) is 0 Å². The molecule has 13 heavy (non-hydrogen) atoms. The molecular weight excluding hydrogens is 168 g/mol. The molecule has 0 aromatic carbocycles. The lowest BCUT2D eigenvalue weighted by Gasteiger charge is -2.06. The summed E-state index contributed by atoms with van der Waals surface area (Å²) in [5, 5.41) is 0. The molecule has 0 saturated heterocycles. The van der Waals surface area contributed by atoms with E-state index in [9.17, 15) is 0 Å². The molecule has 1 atom stereocenters. The highest BCUT2D eigenvalue weighted by molar-refractivity contribution is 6.37. The van der Waals surface area contributed by atoms with Crippen LogP contribution in [0, 0.1) is 5.92 Å². The molecule has 0 nitrogen and oxygen atoms in total. The van der Waals surface area contributed by atoms with E-state index in [0.717, 1.165) is 9.97 Å². The maximum absolute atomic E-state index is 2.43. The summed E-state index contributed by atoms with van der Waals surface area (Å²) in [6.07, 6.45) is 7.32. The zero-order chi connectivity index (χ0) is 10.1. The number of unbranched alkanes of at least 4 members (excludes halogenated alkanes) is 2. The Labute approximate surface area is 94.6 Å². The molecule has 0 heterocycles. The Bertz CT molecular complexity index is 99.3. The molecule has 1 unspecified atom stereocenters. The first-order chi connectivity index (χ1) is 6.16. The van der Waals surface area contributed by atoms with E-state index in [-0.39, 0.29) is 20.4 Å². The van der Waals surface area contributed by atoms with E-state index in [1.807, 2.05) is 0 Å². The molecule has 0 spiro atoms. The fourth-order valence-corrected chi connectivity index (χ4v) is 3.35. The minimum absolute atomic E-state index is 0.288. The largest absolute Gasteiger partial charge is 0.368 e. The highest BCUT2D eigenvalue weighted by Crippen LogP contribution is 2.13. The standard InChI is InChI=1S/C8H17.C4H9.Mg/c1-4-5-6-7-8(2)3;1-3-4-2;/h8H,1,4-7H2,2-3H3;3H,4H2,1-2H3;. The second-order valence-corrected chi connectivity index (χ2v) is 7.58. The topological polar surface area (TPSA) is 0 Å². The van der Waals surface area contributed by atoms with Gasteiger partial charge in [-0.1, -0.05) is 59.8 Å². The lowest BCUT2D eigenvalue weighted by molar-refractivity contribution is 0.534. The monoisotopic (exact) mass is 194 g/mol. The summed E-state index contributed by atoms with van der Waals surface area (Å²) in [5.41, 5.74) is 0. The second-order valence-electron chi connectivity index (χ2n) is 4.90. The van der Waals surface area contributed by atoms with Crippen molar-refractivity contribution in [2.45, 2.75) is 68.4 Å². The van der Waals surface area contributed by atoms with Crippen molar-refractivity contribution < 1.29 is 0 Å². The lowest BCUT2D eigenvalue weighted by Crippen LogP contribution is -1.97. The van der Waals surface area contributed by atoms with Crippen LogP contribution in [0.25, 0.3) is 0 Å². The Morgan fingerprint density at radius 1 is 1.00 bits per heavy atom. The molecule has 0 amide bonds. The summed E-state index contributed by atoms with van der Waals surface area (Å²) < 4.78 is 2.68. The van der Waals surface area contributed by atoms with E-state index < -0.39 is 0 Å². The van der Waals surface area contributed by atoms with E-state index in [0.29, 0.717) is 0 Å². The summed E-state index contributed by atoms with van der Waals surface area (Å²) in [7, 11) is 0. The van der Waals surface area contributed by atoms with Crippen molar-refractivity contribution in [1.82, 2.24) is 0 Å². The first kappa shape index (κ1) is 13.8. The third kappa shape index (κ3) is 10.7. The van der Waals surface area contributed by atoms with Crippen LogP contribution in [0.3, 0.4) is 0 Å². The van der Waals surface area contributed by atoms with Crippen molar-refractivity contribution >= 4 is 20.4 Å². The Morgan fingerprint density at radius 2 is 1.69 bits per heavy atom. The average Bonchev–Trinajstić information content (AvgIpc) is 2.10. The van der Waals surface area contributed by atoms with Crippen LogP contribution in [0.2, 0.25) is 8.60 Å². The molecule has 0 rings (SSSR count). The van der Waals surface area contributed by atoms with Crippen molar-refractivity contribution in [3.63, 3.8) is 0 Å². The van der Waals surface area contributed by atoms with E-state index in [1.54, 1.807) is 4.55 Å². The van der Waals surface area contributed by atoms with Crippen LogP contribution in [0.1, 0.15) is 59.8 Å². The molecule has 0 aliphatic carbocycles. The van der Waals surface area contributed by atoms with Crippen molar-refractivity contribution in [1.29, 1.82) is 0 Å². The van der Waals surface area contributed by atoms with Crippen LogP contribution in [0.15, 0.2) is 0 Å². The van der Waals surface area contributed by atoms with Gasteiger partial charge in [0.05, 0.1) is 0 Å². The van der Waals surface area contributed by atoms with Gasteiger partial charge in [-0.05, 0) is 5.92 Å². The van der Waals surface area contributed by atoms with E-state index in [4.69, 9.17) is 0 Å². The molecule has 0 aromatic rings. The summed E-state index contributed by atoms with van der Waals surface area (Å²) in [6.45, 7) is 9.42. The van der Waals surface area contributed by atoms with Crippen LogP contribution < -0.4 is 0 Å². The summed E-state index contributed by atoms with van der Waals surface area (Å²) in [6, 6.07) is 0. The number of rotatable bonds is 8. The zero-order valence-electron chi connectivity index (χ0n) is 10.1. The van der Waals surface area contributed by atoms with Crippen molar-refractivity contribution in [2.24, 2.45) is 5.92 Å². The van der Waals surface area contributed by atoms with Crippen LogP contribution in [-0.2, 0) is 0 Å². The van der Waals surface area contributed by atoms with Crippen LogP contribution in [-0.4, -0.2) is 20.4 Å². The van der Waals surface area contributed by atoms with Gasteiger partial charge in [0.25, 0.3) is 0 Å². The van der Waals surface area contributed by atoms with Gasteiger partial charge in [-0.3, -0.25) is 0 Å². The molecule has 0 aliphatic rings. The molecule has 0 aliphatic heterocycles. The third-order valence-electron chi connectivity index (χ3n) is 2.93. The SMILES string of the molecule is CC[CH](C)[Mg][CH2]CCCCC(C)C. The lowest BCUT2D eigenvalue weighted by atomic mass is 10.1. The third-order valence-corrected chi connectivity index (χ3v) is 5.40. The first-order valence-corrected chi connectivity index (χ1v) is 7.98. The van der Waals surface area contributed by atoms with Gasteiger partial charge >= 0.3 is 20.4 Å². The molecule has 0 saturated carbocycles. The fourth-order valence-electron chi connectivity index (χ4n) is 1.60. The van der Waals surface area contributed by atoms with Gasteiger partial charge in [-0.2, -0.15) is 0 Å². The molecule has 0 N–H and O–H groups in total. The van der Waals surface area contributed by atoms with Crippen molar-refractivity contribution in [3.05, 3.63) is 0 Å². The van der Waals surface area contributed by atoms with E-state index >= 15 is 0 Å². The predicted molar refractivity (Wildman–Crippen MR) is 63.6 cm³/mol. The van der Waals surface area contributed by atoms with Crippen LogP contribution in [0.4, 0.5) is 0 Å². The maximum atomic E-state index is 2.43. The Kier molecular flexibility index (Phi) is 9.88. The number of hydrogen-bond donors (Lipinski definition) is 0. The van der Waals surface area contributed by atoms with Gasteiger partial charge < -0.3 is 0 Å². The Morgan fingerprint density at radius 3 is 2.23 bits per heavy atom. The van der Waals surface area contributed by atoms with Crippen molar-refractivity contribution in [2.75, 3.05) is 0 Å². The molecular formula is C12H26Mg. The fraction of sp³-hybridized carbons (Fsp3) is 1.00. The minimum atomic E-state index is 0.288. The molecule has 0 fully saturated rings. The molecule has 1 heteroatoms. The molecule has 0 bridgehead atoms. The predicted octanol–water partition coefficient (Wildman–Crippen LogP) is 4.54. The number of hydrogen-bond acceptors (Lipinski definition) is 0. The Hall–Kier alpha value is 0.766. The van der Waals surface area contributed by atoms with E-state index in [1.165, 1.54) is 32.1 Å². The highest BCUT2D eigenvalue weighted by Gasteiger charge is 2.03. The molecule has 0 radical (unpaired) electrons. The smallest absolute Gasteiger partial charge is 0.145 e. The van der Waals surface area contributed by atoms with Crippen molar-refractivity contribution in [3.8, 4) is 0 Å². The van der Waals surface area contributed by atoms with Gasteiger partial charge in [-0.25, -0.2) is 0 Å². The van der Waals surface area contributed by atoms with Gasteiger partial charge in [0.2, 0.25) is 0 Å². The second kappa shape index (κ2) is 9.33. The maximum Gasteiger partial charge on any atom is 0.368 e. The zero-order valence-corrected chi connectivity index (χ0v) is 11.5. The van der Waals surface area contributed by atoms with Crippen LogP contribution in [0.5, 0.6) is 0 Å². The van der Waals surface area contributed by atoms with Gasteiger partial charge in [-0.15, -0.1) is 8.60 Å². The summed E-state index contributed by atoms with van der Waals surface area (Å²) in [4.78, 5) is 0. The summed E-state index contributed by atoms with van der Waals surface area (Å²) in [5.74, 6) is 0.909. The van der Waals surface area contributed by atoms with Crippen LogP contribution >= 0.6 is 0 Å². The van der Waals surface area contributed by atoms with Gasteiger partial charge in [0, 0.05) is 0 Å². The molecule has 0 aromatic heterocycles. The minimum Gasteiger partial charge on any atom is -0.145 e. The van der Waals surface area contributed by atoms with Gasteiger partial charge in [0.15, 0.2) is 0 Å². The molecule has 76 valence electrons. The Balaban J connectivity index is 2.99. The van der Waals surface area contributed by atoms with E-state index in [2.05, 4.69) is 27.7 Å². The highest BCUT2D eigenvalue weighted by atomic mass is 24.5. The quantitative estimate of drug-likeness (QED) is 0.393. The normalized spacial score (nSPS) is 13.0. The first-order valence-electron chi connectivity index (χ1n) is 6.16.